The summed E-state index contributed by atoms with van der Waals surface area (Å²) >= 11 is 9.59. The molecule has 2 N–H and O–H groups in total. The molecule has 2 rings (SSSR count). The molecule has 0 unspecified atom stereocenters. The van der Waals surface area contributed by atoms with E-state index in [0.717, 1.165) is 21.6 Å². The molecule has 0 atom stereocenters. The maximum Gasteiger partial charge on any atom is 0.135 e. The van der Waals surface area contributed by atoms with Crippen molar-refractivity contribution in [3.05, 3.63) is 45.6 Å². The highest BCUT2D eigenvalue weighted by Crippen LogP contribution is 2.31. The topological polar surface area (TPSA) is 45.4 Å². The van der Waals surface area contributed by atoms with Crippen LogP contribution in [0.25, 0.3) is 11.3 Å². The van der Waals surface area contributed by atoms with Gasteiger partial charge in [-0.05, 0) is 44.2 Å². The number of rotatable bonds is 5. The molecule has 20 heavy (non-hydrogen) atoms. The average molecular weight is 359 g/mol. The van der Waals surface area contributed by atoms with Crippen molar-refractivity contribution in [2.24, 2.45) is 0 Å². The molecule has 0 saturated heterocycles. The number of halogens is 2. The van der Waals surface area contributed by atoms with Crippen LogP contribution in [-0.2, 0) is 6.54 Å². The lowest BCUT2D eigenvalue weighted by Gasteiger charge is -2.22. The summed E-state index contributed by atoms with van der Waals surface area (Å²) in [6.45, 7) is 4.49. The van der Waals surface area contributed by atoms with Crippen LogP contribution in [0.2, 0.25) is 5.02 Å². The summed E-state index contributed by atoms with van der Waals surface area (Å²) in [7, 11) is 0. The SMILES string of the molecule is CC(C)(CO)NCc1ccc(-c2ccc(Br)cc2Cl)o1. The highest BCUT2D eigenvalue weighted by atomic mass is 79.9. The number of hydrogen-bond acceptors (Lipinski definition) is 3. The van der Waals surface area contributed by atoms with Crippen LogP contribution in [0.15, 0.2) is 39.2 Å². The Labute approximate surface area is 132 Å². The summed E-state index contributed by atoms with van der Waals surface area (Å²) in [6.07, 6.45) is 0. The molecular weight excluding hydrogens is 342 g/mol. The van der Waals surface area contributed by atoms with E-state index in [4.69, 9.17) is 16.0 Å². The lowest BCUT2D eigenvalue weighted by molar-refractivity contribution is 0.184. The third kappa shape index (κ3) is 3.85. The summed E-state index contributed by atoms with van der Waals surface area (Å²) < 4.78 is 6.72. The van der Waals surface area contributed by atoms with Crippen LogP contribution in [-0.4, -0.2) is 17.3 Å². The fourth-order valence-corrected chi connectivity index (χ4v) is 2.46. The van der Waals surface area contributed by atoms with Crippen molar-refractivity contribution >= 4 is 27.5 Å². The third-order valence-electron chi connectivity index (χ3n) is 2.99. The molecule has 108 valence electrons. The molecule has 0 spiro atoms. The molecule has 3 nitrogen and oxygen atoms in total. The minimum absolute atomic E-state index is 0.0686. The highest BCUT2D eigenvalue weighted by molar-refractivity contribution is 9.10. The summed E-state index contributed by atoms with van der Waals surface area (Å²) in [5, 5.41) is 13.1. The Balaban J connectivity index is 2.13. The molecule has 0 saturated carbocycles. The van der Waals surface area contributed by atoms with Gasteiger partial charge in [0.1, 0.15) is 11.5 Å². The Bertz CT molecular complexity index is 595. The van der Waals surface area contributed by atoms with Gasteiger partial charge in [-0.1, -0.05) is 27.5 Å². The first-order chi connectivity index (χ1) is 9.41. The van der Waals surface area contributed by atoms with Crippen molar-refractivity contribution in [1.29, 1.82) is 0 Å². The normalized spacial score (nSPS) is 11.8. The van der Waals surface area contributed by atoms with Crippen molar-refractivity contribution in [3.63, 3.8) is 0 Å². The fourth-order valence-electron chi connectivity index (χ4n) is 1.69. The molecule has 5 heteroatoms. The predicted octanol–water partition coefficient (Wildman–Crippen LogP) is 4.22. The second kappa shape index (κ2) is 6.31. The Kier molecular flexibility index (Phi) is 4.91. The van der Waals surface area contributed by atoms with Crippen LogP contribution in [0.1, 0.15) is 19.6 Å². The van der Waals surface area contributed by atoms with Crippen molar-refractivity contribution in [2.45, 2.75) is 25.9 Å². The molecule has 2 aromatic rings. The Hall–Kier alpha value is -0.810. The van der Waals surface area contributed by atoms with Gasteiger partial charge in [0, 0.05) is 15.6 Å². The fraction of sp³-hybridized carbons (Fsp3) is 0.333. The van der Waals surface area contributed by atoms with E-state index in [2.05, 4.69) is 21.2 Å². The van der Waals surface area contributed by atoms with E-state index in [1.165, 1.54) is 0 Å². The van der Waals surface area contributed by atoms with Gasteiger partial charge in [0.05, 0.1) is 18.2 Å². The van der Waals surface area contributed by atoms with Gasteiger partial charge in [0.15, 0.2) is 0 Å². The molecule has 0 bridgehead atoms. The van der Waals surface area contributed by atoms with Crippen LogP contribution in [0.5, 0.6) is 0 Å². The average Bonchev–Trinajstić information content (AvgIpc) is 2.85. The van der Waals surface area contributed by atoms with E-state index in [0.29, 0.717) is 11.6 Å². The van der Waals surface area contributed by atoms with Gasteiger partial charge in [-0.15, -0.1) is 0 Å². The molecule has 0 aliphatic carbocycles. The maximum absolute atomic E-state index is 9.20. The van der Waals surface area contributed by atoms with Crippen LogP contribution < -0.4 is 5.32 Å². The van der Waals surface area contributed by atoms with Crippen molar-refractivity contribution in [2.75, 3.05) is 6.61 Å². The van der Waals surface area contributed by atoms with E-state index >= 15 is 0 Å². The number of furan rings is 1. The van der Waals surface area contributed by atoms with Crippen LogP contribution >= 0.6 is 27.5 Å². The Morgan fingerprint density at radius 2 is 2.05 bits per heavy atom. The van der Waals surface area contributed by atoms with Crippen molar-refractivity contribution in [3.8, 4) is 11.3 Å². The van der Waals surface area contributed by atoms with Crippen molar-refractivity contribution < 1.29 is 9.52 Å². The molecule has 0 fully saturated rings. The minimum Gasteiger partial charge on any atom is -0.460 e. The first-order valence-corrected chi connectivity index (χ1v) is 7.48. The van der Waals surface area contributed by atoms with E-state index in [-0.39, 0.29) is 12.1 Å². The lowest BCUT2D eigenvalue weighted by atomic mass is 10.1. The van der Waals surface area contributed by atoms with Gasteiger partial charge < -0.3 is 14.8 Å². The second-order valence-corrected chi connectivity index (χ2v) is 6.61. The van der Waals surface area contributed by atoms with E-state index < -0.39 is 0 Å². The minimum atomic E-state index is -0.331. The Morgan fingerprint density at radius 1 is 1.30 bits per heavy atom. The maximum atomic E-state index is 9.20. The molecule has 1 heterocycles. The van der Waals surface area contributed by atoms with Gasteiger partial charge in [-0.3, -0.25) is 0 Å². The molecule has 0 radical (unpaired) electrons. The zero-order valence-corrected chi connectivity index (χ0v) is 13.8. The van der Waals surface area contributed by atoms with Crippen LogP contribution in [0.4, 0.5) is 0 Å². The Morgan fingerprint density at radius 3 is 2.70 bits per heavy atom. The van der Waals surface area contributed by atoms with Crippen molar-refractivity contribution in [1.82, 2.24) is 5.32 Å². The zero-order chi connectivity index (χ0) is 14.8. The van der Waals surface area contributed by atoms with Gasteiger partial charge in [0.25, 0.3) is 0 Å². The number of aliphatic hydroxyl groups is 1. The standard InChI is InChI=1S/C15H17BrClNO2/c1-15(2,9-19)18-8-11-4-6-14(20-11)12-5-3-10(16)7-13(12)17/h3-7,18-19H,8-9H2,1-2H3. The molecule has 0 amide bonds. The first kappa shape index (κ1) is 15.6. The summed E-state index contributed by atoms with van der Waals surface area (Å²) in [6, 6.07) is 9.50. The number of nitrogens with one attached hydrogen (secondary N) is 1. The molecule has 1 aromatic heterocycles. The molecule has 0 aliphatic heterocycles. The number of hydrogen-bond donors (Lipinski definition) is 2. The lowest BCUT2D eigenvalue weighted by Crippen LogP contribution is -2.41. The van der Waals surface area contributed by atoms with Gasteiger partial charge in [-0.25, -0.2) is 0 Å². The highest BCUT2D eigenvalue weighted by Gasteiger charge is 2.16. The summed E-state index contributed by atoms with van der Waals surface area (Å²) in [4.78, 5) is 0. The number of aliphatic hydroxyl groups excluding tert-OH is 1. The zero-order valence-electron chi connectivity index (χ0n) is 11.4. The third-order valence-corrected chi connectivity index (χ3v) is 3.80. The van der Waals surface area contributed by atoms with E-state index in [9.17, 15) is 5.11 Å². The van der Waals surface area contributed by atoms with Crippen LogP contribution in [0.3, 0.4) is 0 Å². The number of benzene rings is 1. The smallest absolute Gasteiger partial charge is 0.135 e. The van der Waals surface area contributed by atoms with E-state index in [1.54, 1.807) is 0 Å². The molecule has 0 aliphatic rings. The quantitative estimate of drug-likeness (QED) is 0.841. The van der Waals surface area contributed by atoms with E-state index in [1.807, 2.05) is 44.2 Å². The predicted molar refractivity (Wildman–Crippen MR) is 84.9 cm³/mol. The summed E-state index contributed by atoms with van der Waals surface area (Å²) in [5.74, 6) is 1.54. The largest absolute Gasteiger partial charge is 0.460 e. The second-order valence-electron chi connectivity index (χ2n) is 5.29. The monoisotopic (exact) mass is 357 g/mol. The summed E-state index contributed by atoms with van der Waals surface area (Å²) in [5.41, 5.74) is 0.532. The van der Waals surface area contributed by atoms with Gasteiger partial charge >= 0.3 is 0 Å². The van der Waals surface area contributed by atoms with Crippen LogP contribution in [0, 0.1) is 0 Å². The van der Waals surface area contributed by atoms with Gasteiger partial charge in [-0.2, -0.15) is 0 Å². The first-order valence-electron chi connectivity index (χ1n) is 6.31. The molecule has 1 aromatic carbocycles. The van der Waals surface area contributed by atoms with Gasteiger partial charge in [0.2, 0.25) is 0 Å². The molecular formula is C15H17BrClNO2.